The summed E-state index contributed by atoms with van der Waals surface area (Å²) >= 11 is 18.3. The molecule has 1 heterocycles. The summed E-state index contributed by atoms with van der Waals surface area (Å²) in [5, 5.41) is 3.90. The van der Waals surface area contributed by atoms with Gasteiger partial charge in [-0.2, -0.15) is 0 Å². The second-order valence-corrected chi connectivity index (χ2v) is 7.49. The van der Waals surface area contributed by atoms with Crippen molar-refractivity contribution < 1.29 is 9.21 Å². The number of aromatic nitrogens is 1. The van der Waals surface area contributed by atoms with Crippen LogP contribution in [0.1, 0.15) is 15.9 Å². The first-order valence-electron chi connectivity index (χ1n) is 8.34. The summed E-state index contributed by atoms with van der Waals surface area (Å²) in [6.45, 7) is 1.99. The molecular formula is C21H13Cl3N2O2. The molecule has 0 unspecified atom stereocenters. The molecule has 140 valence electrons. The van der Waals surface area contributed by atoms with E-state index in [1.165, 1.54) is 6.07 Å². The molecule has 3 aromatic carbocycles. The second-order valence-electron chi connectivity index (χ2n) is 6.27. The number of halogens is 3. The molecule has 4 aromatic rings. The Hall–Kier alpha value is -2.53. The number of carbonyl (C=O) groups is 1. The van der Waals surface area contributed by atoms with Gasteiger partial charge < -0.3 is 9.73 Å². The quantitative estimate of drug-likeness (QED) is 0.379. The maximum absolute atomic E-state index is 12.4. The number of nitrogens with one attached hydrogen (secondary N) is 1. The number of fused-ring (bicyclic) bond motifs is 1. The first kappa shape index (κ1) is 18.8. The van der Waals surface area contributed by atoms with E-state index in [1.807, 2.05) is 25.1 Å². The number of nitrogens with zero attached hydrogens (tertiary/aromatic N) is 1. The maximum Gasteiger partial charge on any atom is 0.255 e. The first-order chi connectivity index (χ1) is 13.4. The highest BCUT2D eigenvalue weighted by molar-refractivity contribution is 6.42. The van der Waals surface area contributed by atoms with E-state index in [4.69, 9.17) is 39.2 Å². The molecule has 0 aliphatic rings. The summed E-state index contributed by atoms with van der Waals surface area (Å²) < 4.78 is 5.79. The van der Waals surface area contributed by atoms with Crippen LogP contribution in [-0.2, 0) is 0 Å². The van der Waals surface area contributed by atoms with Crippen molar-refractivity contribution >= 4 is 57.5 Å². The molecule has 7 heteroatoms. The van der Waals surface area contributed by atoms with Crippen molar-refractivity contribution in [3.63, 3.8) is 0 Å². The van der Waals surface area contributed by atoms with Crippen LogP contribution in [0.25, 0.3) is 22.6 Å². The van der Waals surface area contributed by atoms with E-state index in [-0.39, 0.29) is 5.91 Å². The van der Waals surface area contributed by atoms with Crippen LogP contribution in [0, 0.1) is 6.92 Å². The number of amides is 1. The van der Waals surface area contributed by atoms with Crippen LogP contribution < -0.4 is 5.32 Å². The molecule has 0 aliphatic carbocycles. The third-order valence-electron chi connectivity index (χ3n) is 4.18. The highest BCUT2D eigenvalue weighted by atomic mass is 35.5. The lowest BCUT2D eigenvalue weighted by Crippen LogP contribution is -2.11. The first-order valence-corrected chi connectivity index (χ1v) is 9.47. The molecule has 0 radical (unpaired) electrons. The molecule has 4 rings (SSSR count). The number of aryl methyl sites for hydroxylation is 1. The number of anilines is 1. The molecule has 4 nitrogen and oxygen atoms in total. The fourth-order valence-electron chi connectivity index (χ4n) is 2.76. The van der Waals surface area contributed by atoms with E-state index in [0.717, 1.165) is 11.1 Å². The van der Waals surface area contributed by atoms with Gasteiger partial charge in [0.05, 0.1) is 20.6 Å². The molecular weight excluding hydrogens is 419 g/mol. The Morgan fingerprint density at radius 2 is 1.75 bits per heavy atom. The predicted octanol–water partition coefficient (Wildman–Crippen LogP) is 7.02. The molecule has 0 bridgehead atoms. The van der Waals surface area contributed by atoms with Gasteiger partial charge in [0.1, 0.15) is 5.52 Å². The van der Waals surface area contributed by atoms with E-state index in [1.54, 1.807) is 30.3 Å². The number of benzene rings is 3. The minimum atomic E-state index is -0.320. The van der Waals surface area contributed by atoms with E-state index in [9.17, 15) is 4.79 Å². The molecule has 28 heavy (non-hydrogen) atoms. The van der Waals surface area contributed by atoms with Crippen LogP contribution >= 0.6 is 34.8 Å². The van der Waals surface area contributed by atoms with E-state index in [2.05, 4.69) is 10.3 Å². The SMILES string of the molecule is Cc1ccc2oc(-c3ccc(NC(=O)c4ccc(Cl)c(Cl)c4)cc3Cl)nc2c1. The molecule has 0 saturated heterocycles. The van der Waals surface area contributed by atoms with E-state index >= 15 is 0 Å². The largest absolute Gasteiger partial charge is 0.436 e. The van der Waals surface area contributed by atoms with Crippen molar-refractivity contribution in [3.8, 4) is 11.5 Å². The van der Waals surface area contributed by atoms with Gasteiger partial charge in [-0.3, -0.25) is 4.79 Å². The minimum Gasteiger partial charge on any atom is -0.436 e. The zero-order valence-electron chi connectivity index (χ0n) is 14.6. The molecule has 0 aliphatic heterocycles. The van der Waals surface area contributed by atoms with Crippen molar-refractivity contribution in [1.29, 1.82) is 0 Å². The van der Waals surface area contributed by atoms with Gasteiger partial charge in [-0.25, -0.2) is 4.98 Å². The molecule has 0 saturated carbocycles. The summed E-state index contributed by atoms with van der Waals surface area (Å²) in [5.41, 5.74) is 4.12. The Bertz CT molecular complexity index is 1220. The zero-order chi connectivity index (χ0) is 19.8. The lowest BCUT2D eigenvalue weighted by molar-refractivity contribution is 0.102. The number of rotatable bonds is 3. The van der Waals surface area contributed by atoms with Crippen LogP contribution in [0.3, 0.4) is 0 Å². The maximum atomic E-state index is 12.4. The lowest BCUT2D eigenvalue weighted by Gasteiger charge is -2.08. The molecule has 0 fully saturated rings. The van der Waals surface area contributed by atoms with Gasteiger partial charge in [-0.05, 0) is 61.0 Å². The Labute approximate surface area is 176 Å². The normalized spacial score (nSPS) is 11.0. The fourth-order valence-corrected chi connectivity index (χ4v) is 3.32. The van der Waals surface area contributed by atoms with Crippen LogP contribution in [0.2, 0.25) is 15.1 Å². The second kappa shape index (κ2) is 7.47. The summed E-state index contributed by atoms with van der Waals surface area (Å²) in [7, 11) is 0. The molecule has 1 amide bonds. The molecule has 0 spiro atoms. The Morgan fingerprint density at radius 1 is 0.929 bits per heavy atom. The summed E-state index contributed by atoms with van der Waals surface area (Å²) in [4.78, 5) is 16.9. The predicted molar refractivity (Wildman–Crippen MR) is 114 cm³/mol. The van der Waals surface area contributed by atoms with Gasteiger partial charge >= 0.3 is 0 Å². The van der Waals surface area contributed by atoms with Crippen molar-refractivity contribution in [1.82, 2.24) is 4.98 Å². The van der Waals surface area contributed by atoms with E-state index in [0.29, 0.717) is 43.4 Å². The number of hydrogen-bond donors (Lipinski definition) is 1. The summed E-state index contributed by atoms with van der Waals surface area (Å²) in [6.07, 6.45) is 0. The van der Waals surface area contributed by atoms with Crippen molar-refractivity contribution in [2.75, 3.05) is 5.32 Å². The monoisotopic (exact) mass is 430 g/mol. The molecule has 1 aromatic heterocycles. The summed E-state index contributed by atoms with van der Waals surface area (Å²) in [5.74, 6) is 0.104. The van der Waals surface area contributed by atoms with Crippen LogP contribution in [0.5, 0.6) is 0 Å². The number of carbonyl (C=O) groups excluding carboxylic acids is 1. The van der Waals surface area contributed by atoms with Gasteiger partial charge in [0.2, 0.25) is 5.89 Å². The average molecular weight is 432 g/mol. The van der Waals surface area contributed by atoms with Crippen molar-refractivity contribution in [3.05, 3.63) is 80.8 Å². The van der Waals surface area contributed by atoms with Crippen LogP contribution in [-0.4, -0.2) is 10.9 Å². The van der Waals surface area contributed by atoms with Crippen LogP contribution in [0.4, 0.5) is 5.69 Å². The third-order valence-corrected chi connectivity index (χ3v) is 5.23. The Balaban J connectivity index is 1.60. The number of oxazole rings is 1. The lowest BCUT2D eigenvalue weighted by atomic mass is 10.1. The standard InChI is InChI=1S/C21H13Cl3N2O2/c1-11-2-7-19-18(8-11)26-21(28-19)14-5-4-13(10-16(14)23)25-20(27)12-3-6-15(22)17(24)9-12/h2-10H,1H3,(H,25,27). The highest BCUT2D eigenvalue weighted by Gasteiger charge is 2.14. The van der Waals surface area contributed by atoms with Gasteiger partial charge in [-0.1, -0.05) is 40.9 Å². The zero-order valence-corrected chi connectivity index (χ0v) is 16.9. The van der Waals surface area contributed by atoms with Crippen molar-refractivity contribution in [2.45, 2.75) is 6.92 Å². The third kappa shape index (κ3) is 3.72. The van der Waals surface area contributed by atoms with Gasteiger partial charge in [0, 0.05) is 11.3 Å². The fraction of sp³-hybridized carbons (Fsp3) is 0.0476. The Morgan fingerprint density at radius 3 is 2.50 bits per heavy atom. The molecule has 1 N–H and O–H groups in total. The average Bonchev–Trinajstić information content (AvgIpc) is 3.06. The Kier molecular flexibility index (Phi) is 5.02. The van der Waals surface area contributed by atoms with Crippen LogP contribution in [0.15, 0.2) is 59.0 Å². The summed E-state index contributed by atoms with van der Waals surface area (Å²) in [6, 6.07) is 15.6. The van der Waals surface area contributed by atoms with Gasteiger partial charge in [0.15, 0.2) is 5.58 Å². The molecule has 0 atom stereocenters. The topological polar surface area (TPSA) is 55.1 Å². The smallest absolute Gasteiger partial charge is 0.255 e. The highest BCUT2D eigenvalue weighted by Crippen LogP contribution is 2.32. The number of hydrogen-bond acceptors (Lipinski definition) is 3. The van der Waals surface area contributed by atoms with E-state index < -0.39 is 0 Å². The van der Waals surface area contributed by atoms with Gasteiger partial charge in [-0.15, -0.1) is 0 Å². The minimum absolute atomic E-state index is 0.314. The van der Waals surface area contributed by atoms with Crippen molar-refractivity contribution in [2.24, 2.45) is 0 Å². The van der Waals surface area contributed by atoms with Gasteiger partial charge in [0.25, 0.3) is 5.91 Å².